The molecule has 0 saturated heterocycles. The van der Waals surface area contributed by atoms with Crippen LogP contribution in [-0.2, 0) is 11.3 Å². The van der Waals surface area contributed by atoms with E-state index in [1.807, 2.05) is 19.1 Å². The molecule has 0 amide bonds. The number of rotatable bonds is 6. The first kappa shape index (κ1) is 14.5. The van der Waals surface area contributed by atoms with Crippen molar-refractivity contribution in [2.45, 2.75) is 32.4 Å². The van der Waals surface area contributed by atoms with Crippen molar-refractivity contribution < 1.29 is 9.90 Å². The summed E-state index contributed by atoms with van der Waals surface area (Å²) >= 11 is 9.30. The van der Waals surface area contributed by atoms with Gasteiger partial charge in [-0.15, -0.1) is 0 Å². The Morgan fingerprint density at radius 3 is 2.88 bits per heavy atom. The molecule has 0 bridgehead atoms. The van der Waals surface area contributed by atoms with Gasteiger partial charge in [0, 0.05) is 16.0 Å². The van der Waals surface area contributed by atoms with E-state index in [0.29, 0.717) is 18.0 Å². The molecule has 0 radical (unpaired) electrons. The number of nitrogens with one attached hydrogen (secondary N) is 1. The molecular weight excluding hydrogens is 305 g/mol. The number of benzene rings is 1. The number of hydrogen-bond donors (Lipinski definition) is 2. The molecule has 0 aliphatic carbocycles. The van der Waals surface area contributed by atoms with Gasteiger partial charge in [0.05, 0.1) is 0 Å². The highest BCUT2D eigenvalue weighted by atomic mass is 79.9. The zero-order chi connectivity index (χ0) is 12.8. The molecule has 0 aliphatic heterocycles. The molecule has 0 aromatic heterocycles. The van der Waals surface area contributed by atoms with E-state index in [9.17, 15) is 4.79 Å². The number of aliphatic carboxylic acids is 1. The van der Waals surface area contributed by atoms with Crippen molar-refractivity contribution in [2.75, 3.05) is 0 Å². The standard InChI is InChI=1S/C12H15BrClNO2/c1-2-3-11(12(16)17)15-7-8-6-9(14)4-5-10(8)13/h4-6,11,15H,2-3,7H2,1H3,(H,16,17). The fraction of sp³-hybridized carbons (Fsp3) is 0.417. The summed E-state index contributed by atoms with van der Waals surface area (Å²) in [6.07, 6.45) is 1.45. The molecule has 0 heterocycles. The van der Waals surface area contributed by atoms with Gasteiger partial charge in [0.25, 0.3) is 0 Å². The normalized spacial score (nSPS) is 12.4. The number of hydrogen-bond acceptors (Lipinski definition) is 2. The van der Waals surface area contributed by atoms with Crippen molar-refractivity contribution in [3.05, 3.63) is 33.3 Å². The van der Waals surface area contributed by atoms with Crippen molar-refractivity contribution >= 4 is 33.5 Å². The second-order valence-electron chi connectivity index (χ2n) is 3.80. The second kappa shape index (κ2) is 6.99. The Labute approximate surface area is 114 Å². The van der Waals surface area contributed by atoms with Crippen molar-refractivity contribution in [3.63, 3.8) is 0 Å². The highest BCUT2D eigenvalue weighted by molar-refractivity contribution is 9.10. The van der Waals surface area contributed by atoms with Crippen LogP contribution in [0, 0.1) is 0 Å². The van der Waals surface area contributed by atoms with Gasteiger partial charge in [0.2, 0.25) is 0 Å². The zero-order valence-electron chi connectivity index (χ0n) is 9.54. The summed E-state index contributed by atoms with van der Waals surface area (Å²) in [5.41, 5.74) is 0.958. The van der Waals surface area contributed by atoms with Crippen LogP contribution >= 0.6 is 27.5 Å². The molecule has 0 aliphatic rings. The van der Waals surface area contributed by atoms with Crippen LogP contribution in [0.15, 0.2) is 22.7 Å². The zero-order valence-corrected chi connectivity index (χ0v) is 11.9. The highest BCUT2D eigenvalue weighted by Crippen LogP contribution is 2.21. The van der Waals surface area contributed by atoms with E-state index < -0.39 is 12.0 Å². The Kier molecular flexibility index (Phi) is 5.95. The van der Waals surface area contributed by atoms with Gasteiger partial charge in [0.15, 0.2) is 0 Å². The minimum Gasteiger partial charge on any atom is -0.480 e. The van der Waals surface area contributed by atoms with Gasteiger partial charge in [-0.3, -0.25) is 4.79 Å². The Bertz CT molecular complexity index is 398. The third-order valence-corrected chi connectivity index (χ3v) is 3.43. The molecule has 94 valence electrons. The molecule has 3 nitrogen and oxygen atoms in total. The van der Waals surface area contributed by atoms with Crippen molar-refractivity contribution in [3.8, 4) is 0 Å². The summed E-state index contributed by atoms with van der Waals surface area (Å²) in [5, 5.41) is 12.7. The number of carboxylic acid groups (broad SMARTS) is 1. The largest absolute Gasteiger partial charge is 0.480 e. The first-order chi connectivity index (χ1) is 8.04. The summed E-state index contributed by atoms with van der Waals surface area (Å²) in [6.45, 7) is 2.45. The minimum atomic E-state index is -0.815. The Morgan fingerprint density at radius 2 is 2.29 bits per heavy atom. The fourth-order valence-corrected chi connectivity index (χ4v) is 2.09. The van der Waals surface area contributed by atoms with Crippen molar-refractivity contribution in [1.82, 2.24) is 5.32 Å². The van der Waals surface area contributed by atoms with E-state index in [4.69, 9.17) is 16.7 Å². The molecule has 1 rings (SSSR count). The van der Waals surface area contributed by atoms with Crippen LogP contribution in [0.5, 0.6) is 0 Å². The molecular formula is C12H15BrClNO2. The lowest BCUT2D eigenvalue weighted by atomic mass is 10.1. The monoisotopic (exact) mass is 319 g/mol. The molecule has 0 spiro atoms. The summed E-state index contributed by atoms with van der Waals surface area (Å²) in [6, 6.07) is 4.96. The van der Waals surface area contributed by atoms with E-state index in [-0.39, 0.29) is 0 Å². The smallest absolute Gasteiger partial charge is 0.320 e. The molecule has 5 heteroatoms. The van der Waals surface area contributed by atoms with Gasteiger partial charge in [0.1, 0.15) is 6.04 Å². The first-order valence-corrected chi connectivity index (χ1v) is 6.61. The SMILES string of the molecule is CCCC(NCc1cc(Cl)ccc1Br)C(=O)O. The summed E-state index contributed by atoms with van der Waals surface area (Å²) < 4.78 is 0.926. The molecule has 1 aromatic carbocycles. The predicted octanol–water partition coefficient (Wildman–Crippen LogP) is 3.45. The van der Waals surface area contributed by atoms with Crippen LogP contribution in [0.1, 0.15) is 25.3 Å². The summed E-state index contributed by atoms with van der Waals surface area (Å²) in [4.78, 5) is 11.0. The van der Waals surface area contributed by atoms with E-state index in [2.05, 4.69) is 21.2 Å². The van der Waals surface area contributed by atoms with E-state index in [1.54, 1.807) is 6.07 Å². The second-order valence-corrected chi connectivity index (χ2v) is 5.09. The lowest BCUT2D eigenvalue weighted by Crippen LogP contribution is -2.36. The molecule has 17 heavy (non-hydrogen) atoms. The molecule has 1 aromatic rings. The Hall–Kier alpha value is -0.580. The van der Waals surface area contributed by atoms with E-state index >= 15 is 0 Å². The maximum Gasteiger partial charge on any atom is 0.320 e. The lowest BCUT2D eigenvalue weighted by Gasteiger charge is -2.14. The van der Waals surface area contributed by atoms with Crippen LogP contribution in [0.2, 0.25) is 5.02 Å². The van der Waals surface area contributed by atoms with Crippen LogP contribution in [0.3, 0.4) is 0 Å². The molecule has 1 unspecified atom stereocenters. The number of carboxylic acids is 1. The van der Waals surface area contributed by atoms with Crippen molar-refractivity contribution in [1.29, 1.82) is 0 Å². The molecule has 0 fully saturated rings. The van der Waals surface area contributed by atoms with Gasteiger partial charge in [-0.2, -0.15) is 0 Å². The van der Waals surface area contributed by atoms with Gasteiger partial charge < -0.3 is 10.4 Å². The van der Waals surface area contributed by atoms with Gasteiger partial charge in [-0.25, -0.2) is 0 Å². The van der Waals surface area contributed by atoms with Crippen LogP contribution in [-0.4, -0.2) is 17.1 Å². The van der Waals surface area contributed by atoms with Crippen LogP contribution in [0.4, 0.5) is 0 Å². The number of halogens is 2. The molecule has 1 atom stereocenters. The van der Waals surface area contributed by atoms with E-state index in [1.165, 1.54) is 0 Å². The predicted molar refractivity (Wildman–Crippen MR) is 72.3 cm³/mol. The minimum absolute atomic E-state index is 0.484. The Balaban J connectivity index is 2.64. The van der Waals surface area contributed by atoms with Crippen LogP contribution < -0.4 is 5.32 Å². The quantitative estimate of drug-likeness (QED) is 0.844. The summed E-state index contributed by atoms with van der Waals surface area (Å²) in [7, 11) is 0. The van der Waals surface area contributed by atoms with Crippen LogP contribution in [0.25, 0.3) is 0 Å². The lowest BCUT2D eigenvalue weighted by molar-refractivity contribution is -0.139. The molecule has 2 N–H and O–H groups in total. The third-order valence-electron chi connectivity index (χ3n) is 2.42. The van der Waals surface area contributed by atoms with Gasteiger partial charge in [-0.1, -0.05) is 40.9 Å². The van der Waals surface area contributed by atoms with E-state index in [0.717, 1.165) is 16.5 Å². The highest BCUT2D eigenvalue weighted by Gasteiger charge is 2.15. The molecule has 0 saturated carbocycles. The van der Waals surface area contributed by atoms with Crippen molar-refractivity contribution in [2.24, 2.45) is 0 Å². The third kappa shape index (κ3) is 4.66. The average molecular weight is 321 g/mol. The fourth-order valence-electron chi connectivity index (χ4n) is 1.51. The summed E-state index contributed by atoms with van der Waals surface area (Å²) in [5.74, 6) is -0.815. The first-order valence-electron chi connectivity index (χ1n) is 5.44. The maximum absolute atomic E-state index is 11.0. The maximum atomic E-state index is 11.0. The average Bonchev–Trinajstić information content (AvgIpc) is 2.28. The van der Waals surface area contributed by atoms with Gasteiger partial charge in [-0.05, 0) is 30.2 Å². The Morgan fingerprint density at radius 1 is 1.59 bits per heavy atom. The van der Waals surface area contributed by atoms with Gasteiger partial charge >= 0.3 is 5.97 Å². The number of carbonyl (C=O) groups is 1. The topological polar surface area (TPSA) is 49.3 Å².